The Hall–Kier alpha value is 0.0895. The van der Waals surface area contributed by atoms with Gasteiger partial charge in [-0.05, 0) is 0 Å². The number of hydrogen-bond donors (Lipinski definition) is 0. The van der Waals surface area contributed by atoms with E-state index in [4.69, 9.17) is 0 Å². The Kier molecular flexibility index (Phi) is 1.77. The van der Waals surface area contributed by atoms with Gasteiger partial charge in [0.1, 0.15) is 0 Å². The van der Waals surface area contributed by atoms with Crippen molar-refractivity contribution in [2.45, 2.75) is 5.75 Å². The molecular weight excluding hydrogens is 207 g/mol. The van der Waals surface area contributed by atoms with Crippen molar-refractivity contribution >= 4 is 27.6 Å². The van der Waals surface area contributed by atoms with Gasteiger partial charge in [-0.1, -0.05) is 0 Å². The van der Waals surface area contributed by atoms with Crippen molar-refractivity contribution in [3.05, 3.63) is 29.8 Å². The molecule has 1 aliphatic heterocycles. The van der Waals surface area contributed by atoms with Crippen molar-refractivity contribution in [1.82, 2.24) is 0 Å². The van der Waals surface area contributed by atoms with Gasteiger partial charge in [0.2, 0.25) is 0 Å². The fourth-order valence-corrected chi connectivity index (χ4v) is 7.11. The quantitative estimate of drug-likeness (QED) is 0.442. The van der Waals surface area contributed by atoms with E-state index in [1.807, 2.05) is 0 Å². The molecule has 0 saturated carbocycles. The van der Waals surface area contributed by atoms with Crippen molar-refractivity contribution < 1.29 is 0 Å². The van der Waals surface area contributed by atoms with E-state index in [1.54, 1.807) is 10.0 Å². The molecule has 0 radical (unpaired) electrons. The molecule has 10 heavy (non-hydrogen) atoms. The Balaban J connectivity index is 2.42. The SMILES string of the molecule is C[S+]1Cc2ccccc2[Se]1. The van der Waals surface area contributed by atoms with Crippen LogP contribution in [0.25, 0.3) is 0 Å². The zero-order valence-electron chi connectivity index (χ0n) is 5.83. The van der Waals surface area contributed by atoms with Crippen molar-refractivity contribution in [2.75, 3.05) is 6.26 Å². The second kappa shape index (κ2) is 2.61. The van der Waals surface area contributed by atoms with Gasteiger partial charge in [0.25, 0.3) is 0 Å². The summed E-state index contributed by atoms with van der Waals surface area (Å²) in [6.45, 7) is 0. The summed E-state index contributed by atoms with van der Waals surface area (Å²) in [4.78, 5) is 0. The first-order valence-electron chi connectivity index (χ1n) is 3.25. The molecule has 1 aromatic carbocycles. The Morgan fingerprint density at radius 2 is 2.20 bits per heavy atom. The molecule has 0 aromatic heterocycles. The molecule has 0 spiro atoms. The van der Waals surface area contributed by atoms with E-state index in [0.717, 1.165) is 13.8 Å². The van der Waals surface area contributed by atoms with Gasteiger partial charge in [0.05, 0.1) is 0 Å². The first-order valence-corrected chi connectivity index (χ1v) is 7.93. The second-order valence-corrected chi connectivity index (χ2v) is 9.56. The Morgan fingerprint density at radius 1 is 1.40 bits per heavy atom. The van der Waals surface area contributed by atoms with Gasteiger partial charge in [-0.2, -0.15) is 0 Å². The molecule has 0 saturated heterocycles. The first-order chi connectivity index (χ1) is 4.86. The van der Waals surface area contributed by atoms with Crippen LogP contribution in [0, 0.1) is 0 Å². The first kappa shape index (κ1) is 6.78. The van der Waals surface area contributed by atoms with Crippen molar-refractivity contribution in [3.63, 3.8) is 0 Å². The van der Waals surface area contributed by atoms with E-state index in [1.165, 1.54) is 5.75 Å². The van der Waals surface area contributed by atoms with Crippen LogP contribution in [-0.2, 0) is 15.1 Å². The molecule has 0 N–H and O–H groups in total. The van der Waals surface area contributed by atoms with Gasteiger partial charge >= 0.3 is 69.4 Å². The molecule has 0 fully saturated rings. The predicted octanol–water partition coefficient (Wildman–Crippen LogP) is 0.693. The van der Waals surface area contributed by atoms with E-state index < -0.39 is 0 Å². The van der Waals surface area contributed by atoms with Crippen LogP contribution in [0.4, 0.5) is 0 Å². The van der Waals surface area contributed by atoms with Crippen LogP contribution in [0.1, 0.15) is 5.56 Å². The number of fused-ring (bicyclic) bond motifs is 1. The third-order valence-electron chi connectivity index (χ3n) is 1.56. The van der Waals surface area contributed by atoms with Crippen molar-refractivity contribution in [1.29, 1.82) is 0 Å². The van der Waals surface area contributed by atoms with Crippen LogP contribution >= 0.6 is 0 Å². The average molecular weight is 216 g/mol. The Morgan fingerprint density at radius 3 is 3.00 bits per heavy atom. The predicted molar refractivity (Wildman–Crippen MR) is 48.8 cm³/mol. The van der Waals surface area contributed by atoms with Gasteiger partial charge in [-0.3, -0.25) is 0 Å². The zero-order chi connectivity index (χ0) is 6.97. The molecular formula is C8H9SSe+. The summed E-state index contributed by atoms with van der Waals surface area (Å²) in [5, 5.41) is 0. The van der Waals surface area contributed by atoms with Gasteiger partial charge in [0.15, 0.2) is 0 Å². The van der Waals surface area contributed by atoms with Crippen LogP contribution in [0.2, 0.25) is 0 Å². The maximum absolute atomic E-state index is 2.38. The van der Waals surface area contributed by atoms with Crippen LogP contribution in [0.3, 0.4) is 0 Å². The minimum atomic E-state index is 0.693. The summed E-state index contributed by atoms with van der Waals surface area (Å²) in [5.74, 6) is 1.34. The molecule has 0 amide bonds. The average Bonchev–Trinajstić information content (AvgIpc) is 2.27. The summed E-state index contributed by atoms with van der Waals surface area (Å²) in [6, 6.07) is 8.86. The molecule has 0 aliphatic carbocycles. The van der Waals surface area contributed by atoms with E-state index >= 15 is 0 Å². The summed E-state index contributed by atoms with van der Waals surface area (Å²) < 4.78 is 1.64. The molecule has 1 heterocycles. The van der Waals surface area contributed by atoms with E-state index in [0.29, 0.717) is 9.31 Å². The number of hydrogen-bond acceptors (Lipinski definition) is 0. The molecule has 2 heteroatoms. The number of rotatable bonds is 0. The number of benzene rings is 1. The van der Waals surface area contributed by atoms with Crippen LogP contribution in [-0.4, -0.2) is 20.1 Å². The zero-order valence-corrected chi connectivity index (χ0v) is 8.36. The van der Waals surface area contributed by atoms with Gasteiger partial charge in [0, 0.05) is 0 Å². The second-order valence-electron chi connectivity index (χ2n) is 2.41. The third kappa shape index (κ3) is 1.12. The standard InChI is InChI=1S/C8H9SSe/c1-9-6-7-4-2-3-5-8(7)10-9/h2-5H,6H2,1H3/q+1. The van der Waals surface area contributed by atoms with Crippen LogP contribution in [0.5, 0.6) is 0 Å². The fourth-order valence-electron chi connectivity index (χ4n) is 1.11. The van der Waals surface area contributed by atoms with Crippen LogP contribution < -0.4 is 4.46 Å². The van der Waals surface area contributed by atoms with E-state index in [2.05, 4.69) is 30.5 Å². The Bertz CT molecular complexity index is 222. The van der Waals surface area contributed by atoms with Crippen LogP contribution in [0.15, 0.2) is 24.3 Å². The van der Waals surface area contributed by atoms with Gasteiger partial charge in [-0.25, -0.2) is 0 Å². The fraction of sp³-hybridized carbons (Fsp3) is 0.250. The monoisotopic (exact) mass is 217 g/mol. The molecule has 52 valence electrons. The van der Waals surface area contributed by atoms with Gasteiger partial charge in [-0.15, -0.1) is 0 Å². The summed E-state index contributed by atoms with van der Waals surface area (Å²) in [6.07, 6.45) is 2.38. The van der Waals surface area contributed by atoms with Gasteiger partial charge < -0.3 is 0 Å². The molecule has 1 atom stereocenters. The maximum atomic E-state index is 2.38. The molecule has 0 bridgehead atoms. The normalized spacial score (nSPS) is 22.7. The van der Waals surface area contributed by atoms with E-state index in [9.17, 15) is 0 Å². The molecule has 1 aliphatic rings. The Labute approximate surface area is 69.6 Å². The molecule has 1 aromatic rings. The molecule has 2 rings (SSSR count). The van der Waals surface area contributed by atoms with Crippen molar-refractivity contribution in [2.24, 2.45) is 0 Å². The van der Waals surface area contributed by atoms with Crippen molar-refractivity contribution in [3.8, 4) is 0 Å². The van der Waals surface area contributed by atoms with E-state index in [-0.39, 0.29) is 0 Å². The summed E-state index contributed by atoms with van der Waals surface area (Å²) >= 11 is 0.788. The third-order valence-corrected chi connectivity index (χ3v) is 7.24. The molecule has 1 unspecified atom stereocenters. The summed E-state index contributed by atoms with van der Waals surface area (Å²) in [5.41, 5.74) is 1.60. The minimum absolute atomic E-state index is 0.693. The summed E-state index contributed by atoms with van der Waals surface area (Å²) in [7, 11) is 0.693. The topological polar surface area (TPSA) is 0 Å². The molecule has 0 nitrogen and oxygen atoms in total.